The first-order valence-electron chi connectivity index (χ1n) is 5.89. The summed E-state index contributed by atoms with van der Waals surface area (Å²) in [6.45, 7) is 0. The molecule has 0 saturated heterocycles. The number of fused-ring (bicyclic) bond motifs is 1. The molecular formula is C13H20N2O2. The summed E-state index contributed by atoms with van der Waals surface area (Å²) in [4.78, 5) is 0. The van der Waals surface area contributed by atoms with Crippen molar-refractivity contribution in [3.8, 4) is 0 Å². The van der Waals surface area contributed by atoms with Gasteiger partial charge in [-0.05, 0) is 29.9 Å². The quantitative estimate of drug-likeness (QED) is 0.442. The van der Waals surface area contributed by atoms with Crippen LogP contribution in [0.5, 0.6) is 0 Å². The smallest absolute Gasteiger partial charge is 0.173 e. The molecular weight excluding hydrogens is 216 g/mol. The van der Waals surface area contributed by atoms with Gasteiger partial charge in [-0.3, -0.25) is 11.3 Å². The number of nitrogens with one attached hydrogen (secondary N) is 1. The Morgan fingerprint density at radius 2 is 2.06 bits per heavy atom. The Morgan fingerprint density at radius 1 is 1.35 bits per heavy atom. The lowest BCUT2D eigenvalue weighted by Gasteiger charge is -2.34. The van der Waals surface area contributed by atoms with Crippen LogP contribution < -0.4 is 11.3 Å². The zero-order valence-corrected chi connectivity index (χ0v) is 10.3. The number of benzene rings is 1. The molecule has 2 atom stereocenters. The third-order valence-electron chi connectivity index (χ3n) is 3.51. The number of nitrogens with two attached hydrogens (primary N) is 1. The molecule has 1 aliphatic rings. The largest absolute Gasteiger partial charge is 0.354 e. The molecule has 0 amide bonds. The van der Waals surface area contributed by atoms with E-state index in [2.05, 4.69) is 29.7 Å². The van der Waals surface area contributed by atoms with Crippen molar-refractivity contribution in [2.24, 2.45) is 5.84 Å². The molecule has 3 N–H and O–H groups in total. The van der Waals surface area contributed by atoms with Gasteiger partial charge in [-0.2, -0.15) is 0 Å². The summed E-state index contributed by atoms with van der Waals surface area (Å²) in [5, 5.41) is 0. The minimum absolute atomic E-state index is 0.0170. The van der Waals surface area contributed by atoms with Crippen LogP contribution in [0.3, 0.4) is 0 Å². The van der Waals surface area contributed by atoms with Crippen LogP contribution in [-0.2, 0) is 15.9 Å². The van der Waals surface area contributed by atoms with Crippen molar-refractivity contribution in [3.05, 3.63) is 35.4 Å². The number of rotatable bonds is 6. The molecule has 0 bridgehead atoms. The number of methoxy groups -OCH3 is 2. The second-order valence-corrected chi connectivity index (χ2v) is 4.45. The minimum atomic E-state index is -0.298. The van der Waals surface area contributed by atoms with E-state index in [1.54, 1.807) is 14.2 Å². The number of hydrogen-bond acceptors (Lipinski definition) is 4. The van der Waals surface area contributed by atoms with E-state index in [0.717, 1.165) is 12.8 Å². The average molecular weight is 236 g/mol. The summed E-state index contributed by atoms with van der Waals surface area (Å²) in [6, 6.07) is 8.55. The molecule has 0 radical (unpaired) electrons. The molecule has 4 heteroatoms. The van der Waals surface area contributed by atoms with Gasteiger partial charge in [-0.1, -0.05) is 24.3 Å². The number of hydrogen-bond donors (Lipinski definition) is 2. The standard InChI is InChI=1S/C13H20N2O2/c1-16-13(17-2)12(15-14)8-10-7-9-5-3-4-6-11(9)10/h3-6,10,12-13,15H,7-8,14H2,1-2H3. The van der Waals surface area contributed by atoms with Crippen molar-refractivity contribution in [3.63, 3.8) is 0 Å². The lowest BCUT2D eigenvalue weighted by atomic mass is 9.74. The Balaban J connectivity index is 1.98. The zero-order chi connectivity index (χ0) is 12.3. The van der Waals surface area contributed by atoms with Gasteiger partial charge in [0.2, 0.25) is 0 Å². The Labute approximate surface area is 102 Å². The average Bonchev–Trinajstić information content (AvgIpc) is 2.34. The van der Waals surface area contributed by atoms with Gasteiger partial charge in [0.15, 0.2) is 6.29 Å². The maximum absolute atomic E-state index is 5.56. The van der Waals surface area contributed by atoms with Crippen molar-refractivity contribution < 1.29 is 9.47 Å². The molecule has 0 saturated carbocycles. The highest BCUT2D eigenvalue weighted by Crippen LogP contribution is 2.38. The molecule has 0 heterocycles. The fraction of sp³-hybridized carbons (Fsp3) is 0.538. The maximum Gasteiger partial charge on any atom is 0.173 e. The van der Waals surface area contributed by atoms with Gasteiger partial charge in [0.1, 0.15) is 0 Å². The lowest BCUT2D eigenvalue weighted by molar-refractivity contribution is -0.125. The first-order valence-corrected chi connectivity index (χ1v) is 5.89. The molecule has 2 rings (SSSR count). The molecule has 17 heavy (non-hydrogen) atoms. The third kappa shape index (κ3) is 2.50. The highest BCUT2D eigenvalue weighted by Gasteiger charge is 2.31. The summed E-state index contributed by atoms with van der Waals surface area (Å²) < 4.78 is 10.5. The molecule has 1 aromatic carbocycles. The Bertz CT molecular complexity index is 366. The van der Waals surface area contributed by atoms with E-state index in [4.69, 9.17) is 15.3 Å². The SMILES string of the molecule is COC(OC)C(CC1Cc2ccccc21)NN. The Kier molecular flexibility index (Phi) is 4.12. The Morgan fingerprint density at radius 3 is 2.65 bits per heavy atom. The van der Waals surface area contributed by atoms with Gasteiger partial charge in [-0.15, -0.1) is 0 Å². The van der Waals surface area contributed by atoms with Gasteiger partial charge in [0, 0.05) is 14.2 Å². The van der Waals surface area contributed by atoms with Crippen LogP contribution in [0.25, 0.3) is 0 Å². The highest BCUT2D eigenvalue weighted by atomic mass is 16.7. The maximum atomic E-state index is 5.56. The van der Waals surface area contributed by atoms with Crippen LogP contribution in [0.15, 0.2) is 24.3 Å². The predicted octanol–water partition coefficient (Wildman–Crippen LogP) is 1.17. The van der Waals surface area contributed by atoms with Crippen LogP contribution in [0.2, 0.25) is 0 Å². The first-order chi connectivity index (χ1) is 8.30. The van der Waals surface area contributed by atoms with E-state index in [9.17, 15) is 0 Å². The summed E-state index contributed by atoms with van der Waals surface area (Å²) in [5.74, 6) is 6.12. The second kappa shape index (κ2) is 5.60. The molecule has 0 aliphatic heterocycles. The molecule has 0 spiro atoms. The molecule has 1 aliphatic carbocycles. The Hall–Kier alpha value is -0.940. The molecule has 4 nitrogen and oxygen atoms in total. The number of hydrazine groups is 1. The van der Waals surface area contributed by atoms with Crippen LogP contribution in [-0.4, -0.2) is 26.6 Å². The van der Waals surface area contributed by atoms with Crippen molar-refractivity contribution in [1.29, 1.82) is 0 Å². The van der Waals surface area contributed by atoms with Crippen LogP contribution in [0.1, 0.15) is 23.5 Å². The topological polar surface area (TPSA) is 56.5 Å². The first kappa shape index (κ1) is 12.5. The summed E-state index contributed by atoms with van der Waals surface area (Å²) in [5.41, 5.74) is 5.66. The summed E-state index contributed by atoms with van der Waals surface area (Å²) in [7, 11) is 3.26. The highest BCUT2D eigenvalue weighted by molar-refractivity contribution is 5.39. The molecule has 0 fully saturated rings. The van der Waals surface area contributed by atoms with Crippen molar-refractivity contribution in [2.45, 2.75) is 31.1 Å². The second-order valence-electron chi connectivity index (χ2n) is 4.45. The zero-order valence-electron chi connectivity index (χ0n) is 10.3. The van der Waals surface area contributed by atoms with Gasteiger partial charge in [-0.25, -0.2) is 0 Å². The van der Waals surface area contributed by atoms with E-state index in [1.165, 1.54) is 11.1 Å². The fourth-order valence-corrected chi connectivity index (χ4v) is 2.56. The van der Waals surface area contributed by atoms with Crippen LogP contribution in [0, 0.1) is 0 Å². The van der Waals surface area contributed by atoms with Gasteiger partial charge in [0.05, 0.1) is 6.04 Å². The van der Waals surface area contributed by atoms with Crippen molar-refractivity contribution in [1.82, 2.24) is 5.43 Å². The monoisotopic (exact) mass is 236 g/mol. The number of ether oxygens (including phenoxy) is 2. The third-order valence-corrected chi connectivity index (χ3v) is 3.51. The van der Waals surface area contributed by atoms with E-state index < -0.39 is 0 Å². The summed E-state index contributed by atoms with van der Waals surface area (Å²) >= 11 is 0. The lowest BCUT2D eigenvalue weighted by Crippen LogP contribution is -2.47. The van der Waals surface area contributed by atoms with Crippen LogP contribution in [0.4, 0.5) is 0 Å². The van der Waals surface area contributed by atoms with E-state index in [1.807, 2.05) is 0 Å². The van der Waals surface area contributed by atoms with E-state index in [-0.39, 0.29) is 12.3 Å². The van der Waals surface area contributed by atoms with Crippen LogP contribution >= 0.6 is 0 Å². The van der Waals surface area contributed by atoms with Crippen molar-refractivity contribution >= 4 is 0 Å². The predicted molar refractivity (Wildman–Crippen MR) is 66.4 cm³/mol. The van der Waals surface area contributed by atoms with E-state index in [0.29, 0.717) is 5.92 Å². The van der Waals surface area contributed by atoms with E-state index >= 15 is 0 Å². The van der Waals surface area contributed by atoms with Gasteiger partial charge < -0.3 is 9.47 Å². The van der Waals surface area contributed by atoms with Gasteiger partial charge >= 0.3 is 0 Å². The normalized spacial score (nSPS) is 19.9. The molecule has 1 aromatic rings. The fourth-order valence-electron chi connectivity index (χ4n) is 2.56. The minimum Gasteiger partial charge on any atom is -0.354 e. The van der Waals surface area contributed by atoms with Crippen molar-refractivity contribution in [2.75, 3.05) is 14.2 Å². The molecule has 94 valence electrons. The molecule has 2 unspecified atom stereocenters. The molecule has 0 aromatic heterocycles. The summed E-state index contributed by atoms with van der Waals surface area (Å²) in [6.07, 6.45) is 1.75. The van der Waals surface area contributed by atoms with Gasteiger partial charge in [0.25, 0.3) is 0 Å².